The average Bonchev–Trinajstić information content (AvgIpc) is 3.64. The third-order valence-electron chi connectivity index (χ3n) is 7.69. The largest absolute Gasteiger partial charge is 0.438 e. The number of rotatable bonds is 5. The number of nitrogens with zero attached hydrogens (tertiary/aromatic N) is 4. The number of benzene rings is 3. The third kappa shape index (κ3) is 4.99. The number of aromatic nitrogens is 4. The zero-order valence-electron chi connectivity index (χ0n) is 22.3. The van der Waals surface area contributed by atoms with Gasteiger partial charge < -0.3 is 4.42 Å². The molecule has 204 valence electrons. The van der Waals surface area contributed by atoms with Crippen LogP contribution in [-0.4, -0.2) is 28.4 Å². The Bertz CT molecular complexity index is 1610. The van der Waals surface area contributed by atoms with E-state index in [1.807, 2.05) is 77.6 Å². The van der Waals surface area contributed by atoms with Gasteiger partial charge in [-0.15, -0.1) is 5.10 Å². The lowest BCUT2D eigenvalue weighted by molar-refractivity contribution is 0.367. The molecule has 0 amide bonds. The van der Waals surface area contributed by atoms with Gasteiger partial charge in [0.15, 0.2) is 20.3 Å². The van der Waals surface area contributed by atoms with Crippen molar-refractivity contribution in [3.8, 4) is 22.6 Å². The second kappa shape index (κ2) is 11.2. The molecule has 0 N–H and O–H groups in total. The van der Waals surface area contributed by atoms with Crippen molar-refractivity contribution < 1.29 is 12.8 Å². The standard InChI is InChI=1S/C32H32N4O3S/c37-40(38,28-19-11-6-12-20-28)32(21-13-2-1-3-14-22-36-24-27(23-32)34-35-36)31-33-29(25-15-7-4-8-16-25)30(39-31)26-17-9-5-10-18-26/h4-12,15-20,24H,1-3,13-14,21-23H2. The first kappa shape index (κ1) is 26.2. The Hall–Kier alpha value is -4.04. The van der Waals surface area contributed by atoms with Crippen LogP contribution in [0.1, 0.15) is 50.1 Å². The summed E-state index contributed by atoms with van der Waals surface area (Å²) in [6.45, 7) is 0.765. The molecule has 0 saturated carbocycles. The zero-order valence-corrected chi connectivity index (χ0v) is 23.1. The first-order chi connectivity index (χ1) is 19.6. The number of aryl methyl sites for hydroxylation is 1. The van der Waals surface area contributed by atoms with E-state index < -0.39 is 14.6 Å². The SMILES string of the molecule is O=S(=O)(c1ccccc1)C1(c2nc(-c3ccccc3)c(-c3ccccc3)o2)CCCCCCCn2cc(nn2)C1. The van der Waals surface area contributed by atoms with Gasteiger partial charge in [-0.25, -0.2) is 13.4 Å². The predicted octanol–water partition coefficient (Wildman–Crippen LogP) is 6.87. The number of hydrogen-bond acceptors (Lipinski definition) is 6. The van der Waals surface area contributed by atoms with Gasteiger partial charge in [-0.3, -0.25) is 4.68 Å². The Morgan fingerprint density at radius 2 is 1.38 bits per heavy atom. The van der Waals surface area contributed by atoms with Crippen LogP contribution in [0.3, 0.4) is 0 Å². The minimum atomic E-state index is -3.97. The smallest absolute Gasteiger partial charge is 0.217 e. The summed E-state index contributed by atoms with van der Waals surface area (Å²) in [5.74, 6) is 0.750. The molecule has 0 aliphatic carbocycles. The summed E-state index contributed by atoms with van der Waals surface area (Å²) in [4.78, 5) is 5.28. The lowest BCUT2D eigenvalue weighted by atomic mass is 9.94. The molecule has 6 rings (SSSR count). The van der Waals surface area contributed by atoms with E-state index in [1.54, 1.807) is 24.3 Å². The van der Waals surface area contributed by atoms with Gasteiger partial charge in [-0.05, 0) is 25.0 Å². The predicted molar refractivity (Wildman–Crippen MR) is 154 cm³/mol. The summed E-state index contributed by atoms with van der Waals surface area (Å²) in [6.07, 6.45) is 7.11. The minimum absolute atomic E-state index is 0.118. The van der Waals surface area contributed by atoms with Gasteiger partial charge in [-0.1, -0.05) is 110 Å². The van der Waals surface area contributed by atoms with E-state index in [-0.39, 0.29) is 17.2 Å². The number of sulfone groups is 1. The van der Waals surface area contributed by atoms with E-state index in [0.717, 1.165) is 49.8 Å². The summed E-state index contributed by atoms with van der Waals surface area (Å²) in [5, 5.41) is 8.73. The molecule has 0 spiro atoms. The molecule has 2 bridgehead atoms. The Morgan fingerprint density at radius 3 is 2.10 bits per heavy atom. The molecule has 3 heterocycles. The van der Waals surface area contributed by atoms with Crippen molar-refractivity contribution in [1.82, 2.24) is 20.0 Å². The third-order valence-corrected chi connectivity index (χ3v) is 10.1. The van der Waals surface area contributed by atoms with Gasteiger partial charge in [0.2, 0.25) is 5.89 Å². The Kier molecular flexibility index (Phi) is 7.34. The average molecular weight is 553 g/mol. The highest BCUT2D eigenvalue weighted by Gasteiger charge is 2.51. The van der Waals surface area contributed by atoms with Gasteiger partial charge in [-0.2, -0.15) is 0 Å². The molecule has 3 aromatic carbocycles. The zero-order chi connectivity index (χ0) is 27.4. The maximum Gasteiger partial charge on any atom is 0.217 e. The molecule has 0 fully saturated rings. The lowest BCUT2D eigenvalue weighted by Crippen LogP contribution is -2.39. The molecule has 8 heteroatoms. The summed E-state index contributed by atoms with van der Waals surface area (Å²) in [6, 6.07) is 28.2. The quantitative estimate of drug-likeness (QED) is 0.236. The molecule has 1 aliphatic heterocycles. The van der Waals surface area contributed by atoms with Crippen molar-refractivity contribution >= 4 is 9.84 Å². The molecule has 0 radical (unpaired) electrons. The van der Waals surface area contributed by atoms with Gasteiger partial charge in [0.1, 0.15) is 5.69 Å². The number of fused-ring (bicyclic) bond motifs is 2. The van der Waals surface area contributed by atoms with E-state index in [9.17, 15) is 8.42 Å². The lowest BCUT2D eigenvalue weighted by Gasteiger charge is -2.30. The van der Waals surface area contributed by atoms with Gasteiger partial charge in [0, 0.05) is 30.3 Å². The molecule has 5 aromatic rings. The Balaban J connectivity index is 1.61. The van der Waals surface area contributed by atoms with Crippen LogP contribution in [0.25, 0.3) is 22.6 Å². The van der Waals surface area contributed by atoms with Crippen molar-refractivity contribution in [3.05, 3.63) is 109 Å². The fourth-order valence-corrected chi connectivity index (χ4v) is 7.60. The number of hydrogen-bond donors (Lipinski definition) is 0. The first-order valence-electron chi connectivity index (χ1n) is 13.9. The van der Waals surface area contributed by atoms with Crippen LogP contribution < -0.4 is 0 Å². The first-order valence-corrected chi connectivity index (χ1v) is 15.4. The molecule has 2 aromatic heterocycles. The van der Waals surface area contributed by atoms with Crippen molar-refractivity contribution in [2.75, 3.05) is 0 Å². The van der Waals surface area contributed by atoms with Gasteiger partial charge in [0.25, 0.3) is 0 Å². The van der Waals surface area contributed by atoms with Crippen LogP contribution in [0.4, 0.5) is 0 Å². The molecule has 7 nitrogen and oxygen atoms in total. The molecule has 1 aliphatic rings. The van der Waals surface area contributed by atoms with Crippen molar-refractivity contribution in [2.45, 2.75) is 61.1 Å². The van der Waals surface area contributed by atoms with Gasteiger partial charge in [0.05, 0.1) is 10.6 Å². The number of oxazole rings is 1. The summed E-state index contributed by atoms with van der Waals surface area (Å²) in [7, 11) is -3.97. The van der Waals surface area contributed by atoms with Crippen LogP contribution in [0.15, 0.2) is 107 Å². The highest BCUT2D eigenvalue weighted by Crippen LogP contribution is 2.46. The van der Waals surface area contributed by atoms with E-state index in [4.69, 9.17) is 9.40 Å². The maximum absolute atomic E-state index is 14.8. The highest BCUT2D eigenvalue weighted by molar-refractivity contribution is 7.92. The van der Waals surface area contributed by atoms with E-state index in [2.05, 4.69) is 10.3 Å². The summed E-state index contributed by atoms with van der Waals surface area (Å²) < 4.78 is 36.5. The van der Waals surface area contributed by atoms with Crippen LogP contribution in [-0.2, 0) is 27.5 Å². The normalized spacial score (nSPS) is 18.5. The second-order valence-corrected chi connectivity index (χ2v) is 12.7. The fourth-order valence-electron chi connectivity index (χ4n) is 5.57. The van der Waals surface area contributed by atoms with Crippen molar-refractivity contribution in [1.29, 1.82) is 0 Å². The summed E-state index contributed by atoms with van der Waals surface area (Å²) in [5.41, 5.74) is 2.94. The molecule has 1 unspecified atom stereocenters. The highest BCUT2D eigenvalue weighted by atomic mass is 32.2. The molecule has 1 atom stereocenters. The fraction of sp³-hybridized carbons (Fsp3) is 0.281. The van der Waals surface area contributed by atoms with E-state index in [1.165, 1.54) is 0 Å². The second-order valence-electron chi connectivity index (χ2n) is 10.4. The van der Waals surface area contributed by atoms with E-state index in [0.29, 0.717) is 23.6 Å². The van der Waals surface area contributed by atoms with Crippen LogP contribution in [0.5, 0.6) is 0 Å². The van der Waals surface area contributed by atoms with Crippen LogP contribution in [0.2, 0.25) is 0 Å². The topological polar surface area (TPSA) is 90.9 Å². The molecular weight excluding hydrogens is 520 g/mol. The summed E-state index contributed by atoms with van der Waals surface area (Å²) >= 11 is 0. The van der Waals surface area contributed by atoms with E-state index >= 15 is 0 Å². The Morgan fingerprint density at radius 1 is 0.750 bits per heavy atom. The minimum Gasteiger partial charge on any atom is -0.438 e. The van der Waals surface area contributed by atoms with Crippen LogP contribution in [0, 0.1) is 0 Å². The molecule has 40 heavy (non-hydrogen) atoms. The maximum atomic E-state index is 14.8. The van der Waals surface area contributed by atoms with Crippen molar-refractivity contribution in [3.63, 3.8) is 0 Å². The van der Waals surface area contributed by atoms with Gasteiger partial charge >= 0.3 is 0 Å². The Labute approximate surface area is 234 Å². The molecule has 0 saturated heterocycles. The monoisotopic (exact) mass is 552 g/mol. The molecular formula is C32H32N4O3S. The van der Waals surface area contributed by atoms with Crippen LogP contribution >= 0.6 is 0 Å². The van der Waals surface area contributed by atoms with Crippen molar-refractivity contribution in [2.24, 2.45) is 0 Å².